The third-order valence-electron chi connectivity index (χ3n) is 4.72. The number of carbonyl (C=O) groups excluding carboxylic acids is 2. The number of amides is 2. The molecule has 0 radical (unpaired) electrons. The van der Waals surface area contributed by atoms with Gasteiger partial charge in [-0.15, -0.1) is 0 Å². The van der Waals surface area contributed by atoms with Gasteiger partial charge in [0.1, 0.15) is 11.4 Å². The third-order valence-corrected chi connectivity index (χ3v) is 4.72. The van der Waals surface area contributed by atoms with Gasteiger partial charge < -0.3 is 15.4 Å². The predicted octanol–water partition coefficient (Wildman–Crippen LogP) is 3.96. The summed E-state index contributed by atoms with van der Waals surface area (Å²) in [5.41, 5.74) is 2.67. The topological polar surface area (TPSA) is 80.3 Å². The number of anilines is 1. The molecule has 2 aromatic rings. The maximum Gasteiger partial charge on any atom is 0.269 e. The number of allylic oxidation sites excluding steroid dienone is 1. The quantitative estimate of drug-likeness (QED) is 0.714. The summed E-state index contributed by atoms with van der Waals surface area (Å²) < 4.78 is 5.10. The highest BCUT2D eigenvalue weighted by Gasteiger charge is 2.12. The van der Waals surface area contributed by atoms with Gasteiger partial charge in [0.2, 0.25) is 0 Å². The summed E-state index contributed by atoms with van der Waals surface area (Å²) >= 11 is 0. The smallest absolute Gasteiger partial charge is 0.269 e. The summed E-state index contributed by atoms with van der Waals surface area (Å²) in [5.74, 6) is 0.148. The first kappa shape index (κ1) is 19.6. The first-order valence-corrected chi connectivity index (χ1v) is 9.53. The molecule has 6 nitrogen and oxygen atoms in total. The molecule has 0 spiro atoms. The van der Waals surface area contributed by atoms with Crippen molar-refractivity contribution in [2.45, 2.75) is 32.1 Å². The number of hydrogen-bond donors (Lipinski definition) is 2. The number of pyridine rings is 1. The highest BCUT2D eigenvalue weighted by molar-refractivity contribution is 6.05. The molecule has 6 heteroatoms. The van der Waals surface area contributed by atoms with Gasteiger partial charge in [-0.2, -0.15) is 0 Å². The molecule has 0 fully saturated rings. The van der Waals surface area contributed by atoms with Crippen molar-refractivity contribution in [2.24, 2.45) is 0 Å². The Morgan fingerprint density at radius 2 is 1.93 bits per heavy atom. The largest absolute Gasteiger partial charge is 0.497 e. The van der Waals surface area contributed by atoms with Crippen molar-refractivity contribution in [1.29, 1.82) is 0 Å². The van der Waals surface area contributed by atoms with E-state index in [1.807, 2.05) is 0 Å². The molecule has 146 valence electrons. The van der Waals surface area contributed by atoms with Crippen molar-refractivity contribution in [2.75, 3.05) is 19.0 Å². The van der Waals surface area contributed by atoms with Crippen LogP contribution in [-0.2, 0) is 0 Å². The van der Waals surface area contributed by atoms with Gasteiger partial charge in [0, 0.05) is 24.0 Å². The Morgan fingerprint density at radius 1 is 1.11 bits per heavy atom. The molecular formula is C22H25N3O3. The highest BCUT2D eigenvalue weighted by atomic mass is 16.5. The lowest BCUT2D eigenvalue weighted by atomic mass is 9.97. The van der Waals surface area contributed by atoms with Gasteiger partial charge >= 0.3 is 0 Å². The molecule has 0 saturated heterocycles. The Bertz CT molecular complexity index is 860. The van der Waals surface area contributed by atoms with Crippen LogP contribution in [0.5, 0.6) is 5.75 Å². The van der Waals surface area contributed by atoms with Crippen LogP contribution in [0, 0.1) is 0 Å². The minimum Gasteiger partial charge on any atom is -0.497 e. The number of aromatic nitrogens is 1. The minimum absolute atomic E-state index is 0.236. The fourth-order valence-electron chi connectivity index (χ4n) is 3.13. The summed E-state index contributed by atoms with van der Waals surface area (Å²) in [7, 11) is 1.59. The number of nitrogens with zero attached hydrogens (tertiary/aromatic N) is 1. The van der Waals surface area contributed by atoms with E-state index >= 15 is 0 Å². The number of carbonyl (C=O) groups is 2. The number of nitrogens with one attached hydrogen (secondary N) is 2. The Balaban J connectivity index is 1.56. The molecule has 0 bridgehead atoms. The lowest BCUT2D eigenvalue weighted by Gasteiger charge is -2.13. The van der Waals surface area contributed by atoms with Crippen LogP contribution in [0.3, 0.4) is 0 Å². The van der Waals surface area contributed by atoms with E-state index in [-0.39, 0.29) is 17.5 Å². The number of ether oxygens (including phenoxy) is 1. The minimum atomic E-state index is -0.297. The van der Waals surface area contributed by atoms with Crippen molar-refractivity contribution in [3.8, 4) is 5.75 Å². The van der Waals surface area contributed by atoms with E-state index in [0.717, 1.165) is 19.3 Å². The summed E-state index contributed by atoms with van der Waals surface area (Å²) in [5, 5.41) is 5.69. The maximum absolute atomic E-state index is 12.5. The van der Waals surface area contributed by atoms with Crippen LogP contribution >= 0.6 is 0 Å². The SMILES string of the molecule is COc1ccc(NC(=O)c2ccnc(C(=O)NCCC3=CCCCC3)c2)cc1. The molecule has 2 amide bonds. The monoisotopic (exact) mass is 379 g/mol. The van der Waals surface area contributed by atoms with E-state index in [9.17, 15) is 9.59 Å². The Labute approximate surface area is 165 Å². The Hall–Kier alpha value is -3.15. The molecule has 1 aliphatic carbocycles. The van der Waals surface area contributed by atoms with Gasteiger partial charge in [0.25, 0.3) is 11.8 Å². The van der Waals surface area contributed by atoms with Crippen LogP contribution in [0.2, 0.25) is 0 Å². The van der Waals surface area contributed by atoms with E-state index in [1.54, 1.807) is 37.4 Å². The average molecular weight is 379 g/mol. The molecular weight excluding hydrogens is 354 g/mol. The van der Waals surface area contributed by atoms with Crippen LogP contribution in [0.4, 0.5) is 5.69 Å². The summed E-state index contributed by atoms with van der Waals surface area (Å²) in [6, 6.07) is 10.1. The van der Waals surface area contributed by atoms with Crippen LogP contribution in [0.15, 0.2) is 54.2 Å². The van der Waals surface area contributed by atoms with E-state index in [1.165, 1.54) is 30.7 Å². The van der Waals surface area contributed by atoms with Gasteiger partial charge in [-0.05, 0) is 68.5 Å². The van der Waals surface area contributed by atoms with Gasteiger partial charge in [-0.25, -0.2) is 0 Å². The summed E-state index contributed by atoms with van der Waals surface area (Å²) in [4.78, 5) is 28.9. The number of methoxy groups -OCH3 is 1. The molecule has 0 aliphatic heterocycles. The molecule has 1 aromatic carbocycles. The zero-order valence-electron chi connectivity index (χ0n) is 16.0. The third kappa shape index (κ3) is 5.42. The van der Waals surface area contributed by atoms with Crippen molar-refractivity contribution >= 4 is 17.5 Å². The second-order valence-electron chi connectivity index (χ2n) is 6.73. The van der Waals surface area contributed by atoms with Gasteiger partial charge in [0.15, 0.2) is 0 Å². The van der Waals surface area contributed by atoms with E-state index in [0.29, 0.717) is 23.5 Å². The second-order valence-corrected chi connectivity index (χ2v) is 6.73. The molecule has 2 N–H and O–H groups in total. The Kier molecular flexibility index (Phi) is 6.78. The van der Waals surface area contributed by atoms with Crippen molar-refractivity contribution < 1.29 is 14.3 Å². The van der Waals surface area contributed by atoms with Crippen LogP contribution < -0.4 is 15.4 Å². The lowest BCUT2D eigenvalue weighted by Crippen LogP contribution is -2.26. The molecule has 1 heterocycles. The fraction of sp³-hybridized carbons (Fsp3) is 0.318. The van der Waals surface area contributed by atoms with Gasteiger partial charge in [-0.1, -0.05) is 11.6 Å². The normalized spacial score (nSPS) is 13.4. The van der Waals surface area contributed by atoms with Gasteiger partial charge in [-0.3, -0.25) is 14.6 Å². The van der Waals surface area contributed by atoms with Gasteiger partial charge in [0.05, 0.1) is 7.11 Å². The first-order valence-electron chi connectivity index (χ1n) is 9.53. The predicted molar refractivity (Wildman–Crippen MR) is 109 cm³/mol. The molecule has 0 saturated carbocycles. The zero-order valence-corrected chi connectivity index (χ0v) is 16.0. The lowest BCUT2D eigenvalue weighted by molar-refractivity contribution is 0.0949. The van der Waals surface area contributed by atoms with Crippen LogP contribution in [-0.4, -0.2) is 30.5 Å². The summed E-state index contributed by atoms with van der Waals surface area (Å²) in [6.07, 6.45) is 9.35. The first-order chi connectivity index (χ1) is 13.7. The highest BCUT2D eigenvalue weighted by Crippen LogP contribution is 2.19. The van der Waals surface area contributed by atoms with Crippen molar-refractivity contribution in [1.82, 2.24) is 10.3 Å². The molecule has 1 aliphatic rings. The molecule has 0 atom stereocenters. The molecule has 3 rings (SSSR count). The second kappa shape index (κ2) is 9.69. The van der Waals surface area contributed by atoms with Crippen LogP contribution in [0.1, 0.15) is 53.0 Å². The average Bonchev–Trinajstić information content (AvgIpc) is 2.75. The summed E-state index contributed by atoms with van der Waals surface area (Å²) in [6.45, 7) is 0.578. The molecule has 0 unspecified atom stereocenters. The number of hydrogen-bond acceptors (Lipinski definition) is 4. The van der Waals surface area contributed by atoms with Crippen LogP contribution in [0.25, 0.3) is 0 Å². The number of rotatable bonds is 7. The number of benzene rings is 1. The van der Waals surface area contributed by atoms with E-state index in [2.05, 4.69) is 21.7 Å². The fourth-order valence-corrected chi connectivity index (χ4v) is 3.13. The maximum atomic E-state index is 12.5. The molecule has 1 aromatic heterocycles. The van der Waals surface area contributed by atoms with E-state index in [4.69, 9.17) is 4.74 Å². The zero-order chi connectivity index (χ0) is 19.8. The van der Waals surface area contributed by atoms with E-state index < -0.39 is 0 Å². The standard InChI is InChI=1S/C22H25N3O3/c1-28-19-9-7-18(8-10-19)25-21(26)17-12-14-23-20(15-17)22(27)24-13-11-16-5-3-2-4-6-16/h5,7-10,12,14-15H,2-4,6,11,13H2,1H3,(H,24,27)(H,25,26). The van der Waals surface area contributed by atoms with Crippen molar-refractivity contribution in [3.05, 3.63) is 65.5 Å². The van der Waals surface area contributed by atoms with Crippen molar-refractivity contribution in [3.63, 3.8) is 0 Å². The molecule has 28 heavy (non-hydrogen) atoms. The Morgan fingerprint density at radius 3 is 2.64 bits per heavy atom.